The zero-order chi connectivity index (χ0) is 16.5. The van der Waals surface area contributed by atoms with Crippen molar-refractivity contribution in [2.45, 2.75) is 13.0 Å². The summed E-state index contributed by atoms with van der Waals surface area (Å²) in [5, 5.41) is 3.39. The molecule has 0 spiro atoms. The zero-order valence-corrected chi connectivity index (χ0v) is 13.2. The second-order valence-corrected chi connectivity index (χ2v) is 5.12. The Morgan fingerprint density at radius 2 is 1.74 bits per heavy atom. The van der Waals surface area contributed by atoms with Crippen LogP contribution >= 0.6 is 0 Å². The van der Waals surface area contributed by atoms with Gasteiger partial charge in [-0.05, 0) is 18.1 Å². The molecular weight excluding hydrogens is 286 g/mol. The number of benzene rings is 2. The number of esters is 1. The molecule has 2 rings (SSSR count). The molecule has 2 aromatic carbocycles. The van der Waals surface area contributed by atoms with Crippen molar-refractivity contribution < 1.29 is 9.53 Å². The number of hydrogen-bond donors (Lipinski definition) is 1. The Bertz CT molecular complexity index is 663. The lowest BCUT2D eigenvalue weighted by Gasteiger charge is -2.18. The molecule has 3 nitrogen and oxygen atoms in total. The van der Waals surface area contributed by atoms with E-state index in [0.29, 0.717) is 0 Å². The Labute approximate surface area is 137 Å². The lowest BCUT2D eigenvalue weighted by molar-refractivity contribution is -0.136. The van der Waals surface area contributed by atoms with Crippen LogP contribution in [0.1, 0.15) is 24.1 Å². The monoisotopic (exact) mass is 307 g/mol. The topological polar surface area (TPSA) is 38.3 Å². The standard InChI is InChI=1S/C20H21NO2/c1-3-14-23-20(22)15-19(18-12-8-5-9-13-18)21-16(2)17-10-6-4-7-11-17/h3-13,15-16,21H,1,14H2,2H3/b19-15-. The van der Waals surface area contributed by atoms with E-state index in [0.717, 1.165) is 16.8 Å². The fourth-order valence-corrected chi connectivity index (χ4v) is 2.18. The minimum absolute atomic E-state index is 0.0647. The van der Waals surface area contributed by atoms with Crippen molar-refractivity contribution >= 4 is 11.7 Å². The predicted molar refractivity (Wildman–Crippen MR) is 93.6 cm³/mol. The van der Waals surface area contributed by atoms with Crippen LogP contribution in [0.5, 0.6) is 0 Å². The van der Waals surface area contributed by atoms with Gasteiger partial charge >= 0.3 is 5.97 Å². The number of ether oxygens (including phenoxy) is 1. The molecular formula is C20H21NO2. The molecule has 1 N–H and O–H groups in total. The van der Waals surface area contributed by atoms with Crippen molar-refractivity contribution in [1.82, 2.24) is 5.32 Å². The molecule has 0 aliphatic heterocycles. The van der Waals surface area contributed by atoms with Gasteiger partial charge < -0.3 is 10.1 Å². The van der Waals surface area contributed by atoms with Crippen LogP contribution in [-0.4, -0.2) is 12.6 Å². The minimum Gasteiger partial charge on any atom is -0.458 e. The number of rotatable bonds is 7. The molecule has 0 saturated carbocycles. The summed E-state index contributed by atoms with van der Waals surface area (Å²) in [7, 11) is 0. The van der Waals surface area contributed by atoms with Crippen molar-refractivity contribution in [3.05, 3.63) is 90.5 Å². The van der Waals surface area contributed by atoms with E-state index < -0.39 is 5.97 Å². The lowest BCUT2D eigenvalue weighted by atomic mass is 10.1. The summed E-state index contributed by atoms with van der Waals surface area (Å²) in [6, 6.07) is 19.9. The van der Waals surface area contributed by atoms with Crippen LogP contribution in [0.25, 0.3) is 5.70 Å². The largest absolute Gasteiger partial charge is 0.458 e. The van der Waals surface area contributed by atoms with Crippen molar-refractivity contribution in [3.63, 3.8) is 0 Å². The van der Waals surface area contributed by atoms with E-state index in [1.54, 1.807) is 6.08 Å². The summed E-state index contributed by atoms with van der Waals surface area (Å²) in [6.07, 6.45) is 3.03. The SMILES string of the molecule is C=CCOC(=O)/C=C(\NC(C)c1ccccc1)c1ccccc1. The second-order valence-electron chi connectivity index (χ2n) is 5.12. The zero-order valence-electron chi connectivity index (χ0n) is 13.2. The first-order chi connectivity index (χ1) is 11.2. The van der Waals surface area contributed by atoms with Gasteiger partial charge in [0.05, 0.1) is 0 Å². The van der Waals surface area contributed by atoms with Gasteiger partial charge in [0, 0.05) is 17.8 Å². The molecule has 3 heteroatoms. The highest BCUT2D eigenvalue weighted by molar-refractivity contribution is 5.91. The van der Waals surface area contributed by atoms with Gasteiger partial charge in [0.2, 0.25) is 0 Å². The molecule has 0 fully saturated rings. The van der Waals surface area contributed by atoms with Gasteiger partial charge in [0.25, 0.3) is 0 Å². The first kappa shape index (κ1) is 16.6. The molecule has 1 unspecified atom stereocenters. The molecule has 0 aliphatic rings. The van der Waals surface area contributed by atoms with Gasteiger partial charge in [-0.1, -0.05) is 73.3 Å². The van der Waals surface area contributed by atoms with Gasteiger partial charge in [0.1, 0.15) is 6.61 Å². The van der Waals surface area contributed by atoms with Gasteiger partial charge in [-0.3, -0.25) is 0 Å². The van der Waals surface area contributed by atoms with E-state index in [2.05, 4.69) is 31.0 Å². The van der Waals surface area contributed by atoms with Gasteiger partial charge in [0.15, 0.2) is 0 Å². The van der Waals surface area contributed by atoms with E-state index in [9.17, 15) is 4.79 Å². The quantitative estimate of drug-likeness (QED) is 0.475. The Morgan fingerprint density at radius 1 is 1.13 bits per heavy atom. The third kappa shape index (κ3) is 5.15. The molecule has 0 saturated heterocycles. The summed E-state index contributed by atoms with van der Waals surface area (Å²) >= 11 is 0. The van der Waals surface area contributed by atoms with Crippen LogP contribution in [0, 0.1) is 0 Å². The Balaban J connectivity index is 2.22. The Kier molecular flexibility index (Phi) is 6.18. The first-order valence-corrected chi connectivity index (χ1v) is 7.57. The van der Waals surface area contributed by atoms with E-state index in [-0.39, 0.29) is 12.6 Å². The minimum atomic E-state index is -0.392. The number of hydrogen-bond acceptors (Lipinski definition) is 3. The van der Waals surface area contributed by atoms with Crippen molar-refractivity contribution in [2.75, 3.05) is 6.61 Å². The maximum atomic E-state index is 11.9. The van der Waals surface area contributed by atoms with Crippen LogP contribution in [0.2, 0.25) is 0 Å². The van der Waals surface area contributed by atoms with Crippen LogP contribution in [0.15, 0.2) is 79.4 Å². The van der Waals surface area contributed by atoms with Gasteiger partial charge in [-0.15, -0.1) is 0 Å². The van der Waals surface area contributed by atoms with Crippen LogP contribution in [-0.2, 0) is 9.53 Å². The van der Waals surface area contributed by atoms with Crippen molar-refractivity contribution in [2.24, 2.45) is 0 Å². The number of carbonyl (C=O) groups excluding carboxylic acids is 1. The average molecular weight is 307 g/mol. The fourth-order valence-electron chi connectivity index (χ4n) is 2.18. The summed E-state index contributed by atoms with van der Waals surface area (Å²) in [5.41, 5.74) is 2.82. The molecule has 23 heavy (non-hydrogen) atoms. The summed E-state index contributed by atoms with van der Waals surface area (Å²) in [6.45, 7) is 5.80. The molecule has 0 aromatic heterocycles. The van der Waals surface area contributed by atoms with Gasteiger partial charge in [-0.25, -0.2) is 4.79 Å². The second kappa shape index (κ2) is 8.59. The van der Waals surface area contributed by atoms with Crippen molar-refractivity contribution in [3.8, 4) is 0 Å². The van der Waals surface area contributed by atoms with E-state index in [1.807, 2.05) is 48.5 Å². The number of nitrogens with one attached hydrogen (secondary N) is 1. The molecule has 2 aromatic rings. The molecule has 0 bridgehead atoms. The predicted octanol–water partition coefficient (Wildman–Crippen LogP) is 4.11. The molecule has 0 heterocycles. The summed E-state index contributed by atoms with van der Waals surface area (Å²) < 4.78 is 5.06. The van der Waals surface area contributed by atoms with E-state index >= 15 is 0 Å². The maximum Gasteiger partial charge on any atom is 0.333 e. The molecule has 118 valence electrons. The Morgan fingerprint density at radius 3 is 2.35 bits per heavy atom. The highest BCUT2D eigenvalue weighted by atomic mass is 16.5. The van der Waals surface area contributed by atoms with Gasteiger partial charge in [-0.2, -0.15) is 0 Å². The third-order valence-corrected chi connectivity index (χ3v) is 3.36. The van der Waals surface area contributed by atoms with E-state index in [1.165, 1.54) is 6.08 Å². The lowest BCUT2D eigenvalue weighted by Crippen LogP contribution is -2.18. The normalized spacial score (nSPS) is 12.3. The smallest absolute Gasteiger partial charge is 0.333 e. The molecule has 0 amide bonds. The average Bonchev–Trinajstić information content (AvgIpc) is 2.61. The summed E-state index contributed by atoms with van der Waals surface area (Å²) in [4.78, 5) is 11.9. The first-order valence-electron chi connectivity index (χ1n) is 7.57. The highest BCUT2D eigenvalue weighted by Gasteiger charge is 2.10. The van der Waals surface area contributed by atoms with Crippen LogP contribution < -0.4 is 5.32 Å². The fraction of sp³-hybridized carbons (Fsp3) is 0.150. The number of carbonyl (C=O) groups is 1. The van der Waals surface area contributed by atoms with E-state index in [4.69, 9.17) is 4.74 Å². The molecule has 0 radical (unpaired) electrons. The van der Waals surface area contributed by atoms with Crippen LogP contribution in [0.4, 0.5) is 0 Å². The maximum absolute atomic E-state index is 11.9. The van der Waals surface area contributed by atoms with Crippen molar-refractivity contribution in [1.29, 1.82) is 0 Å². The highest BCUT2D eigenvalue weighted by Crippen LogP contribution is 2.18. The molecule has 1 atom stereocenters. The Hall–Kier alpha value is -2.81. The third-order valence-electron chi connectivity index (χ3n) is 3.36. The van der Waals surface area contributed by atoms with Crippen LogP contribution in [0.3, 0.4) is 0 Å². The summed E-state index contributed by atoms with van der Waals surface area (Å²) in [5.74, 6) is -0.392. The molecule has 0 aliphatic carbocycles.